The fraction of sp³-hybridized carbons (Fsp3) is 0.556. The van der Waals surface area contributed by atoms with Crippen molar-refractivity contribution in [2.75, 3.05) is 19.6 Å². The lowest BCUT2D eigenvalue weighted by Gasteiger charge is -2.57. The number of amides is 2. The number of benzene rings is 1. The van der Waals surface area contributed by atoms with E-state index in [1.165, 1.54) is 0 Å². The number of carbonyl (C=O) groups excluding carboxylic acids is 2. The van der Waals surface area contributed by atoms with E-state index in [9.17, 15) is 9.59 Å². The first-order valence-corrected chi connectivity index (χ1v) is 8.19. The van der Waals surface area contributed by atoms with Crippen molar-refractivity contribution in [2.45, 2.75) is 38.6 Å². The van der Waals surface area contributed by atoms with E-state index in [1.54, 1.807) is 0 Å². The molecule has 2 fully saturated rings. The Kier molecular flexibility index (Phi) is 3.94. The SMILES string of the molecule is CC(C)C(=O)N1CC[C@]12CCCN(C(=O)c1ccccc1)C2. The fourth-order valence-electron chi connectivity index (χ4n) is 3.67. The Morgan fingerprint density at radius 1 is 1.09 bits per heavy atom. The molecule has 4 nitrogen and oxygen atoms in total. The Morgan fingerprint density at radius 2 is 1.82 bits per heavy atom. The predicted octanol–water partition coefficient (Wildman–Crippen LogP) is 2.55. The number of rotatable bonds is 2. The first-order valence-electron chi connectivity index (χ1n) is 8.19. The molecule has 0 bridgehead atoms. The molecule has 0 unspecified atom stereocenters. The van der Waals surface area contributed by atoms with E-state index in [1.807, 2.05) is 54.0 Å². The second-order valence-electron chi connectivity index (χ2n) is 6.82. The Hall–Kier alpha value is -1.84. The highest BCUT2D eigenvalue weighted by Gasteiger charge is 2.50. The minimum atomic E-state index is -0.107. The molecular weight excluding hydrogens is 276 g/mol. The van der Waals surface area contributed by atoms with Gasteiger partial charge in [0.15, 0.2) is 0 Å². The van der Waals surface area contributed by atoms with Crippen LogP contribution in [0, 0.1) is 5.92 Å². The van der Waals surface area contributed by atoms with Gasteiger partial charge in [0, 0.05) is 31.1 Å². The number of hydrogen-bond acceptors (Lipinski definition) is 2. The Morgan fingerprint density at radius 3 is 2.41 bits per heavy atom. The van der Waals surface area contributed by atoms with Gasteiger partial charge in [-0.25, -0.2) is 0 Å². The van der Waals surface area contributed by atoms with E-state index in [0.717, 1.165) is 37.9 Å². The van der Waals surface area contributed by atoms with Gasteiger partial charge in [-0.05, 0) is 31.4 Å². The van der Waals surface area contributed by atoms with E-state index in [-0.39, 0.29) is 23.3 Å². The highest BCUT2D eigenvalue weighted by atomic mass is 16.2. The number of piperidine rings is 1. The van der Waals surface area contributed by atoms with Crippen LogP contribution in [0.2, 0.25) is 0 Å². The smallest absolute Gasteiger partial charge is 0.253 e. The van der Waals surface area contributed by atoms with Crippen molar-refractivity contribution in [1.29, 1.82) is 0 Å². The van der Waals surface area contributed by atoms with Gasteiger partial charge in [0.1, 0.15) is 0 Å². The lowest BCUT2D eigenvalue weighted by Crippen LogP contribution is -2.69. The summed E-state index contributed by atoms with van der Waals surface area (Å²) in [5.41, 5.74) is 0.630. The summed E-state index contributed by atoms with van der Waals surface area (Å²) in [4.78, 5) is 29.0. The molecule has 0 N–H and O–H groups in total. The number of hydrogen-bond donors (Lipinski definition) is 0. The highest BCUT2D eigenvalue weighted by Crippen LogP contribution is 2.39. The minimum Gasteiger partial charge on any atom is -0.336 e. The molecule has 1 aromatic rings. The van der Waals surface area contributed by atoms with Crippen molar-refractivity contribution in [3.63, 3.8) is 0 Å². The third-order valence-electron chi connectivity index (χ3n) is 5.00. The molecular formula is C18H24N2O2. The van der Waals surface area contributed by atoms with E-state index >= 15 is 0 Å². The lowest BCUT2D eigenvalue weighted by molar-refractivity contribution is -0.155. The zero-order valence-corrected chi connectivity index (χ0v) is 13.4. The summed E-state index contributed by atoms with van der Waals surface area (Å²) >= 11 is 0. The zero-order chi connectivity index (χ0) is 15.7. The van der Waals surface area contributed by atoms with E-state index in [4.69, 9.17) is 0 Å². The van der Waals surface area contributed by atoms with Crippen molar-refractivity contribution in [1.82, 2.24) is 9.80 Å². The van der Waals surface area contributed by atoms with Gasteiger partial charge in [0.25, 0.3) is 5.91 Å². The van der Waals surface area contributed by atoms with Crippen LogP contribution >= 0.6 is 0 Å². The van der Waals surface area contributed by atoms with Crippen LogP contribution in [0.3, 0.4) is 0 Å². The maximum absolute atomic E-state index is 12.7. The summed E-state index contributed by atoms with van der Waals surface area (Å²) in [6, 6.07) is 9.43. The summed E-state index contributed by atoms with van der Waals surface area (Å²) in [5, 5.41) is 0. The Bertz CT molecular complexity index is 570. The van der Waals surface area contributed by atoms with Gasteiger partial charge < -0.3 is 9.80 Å². The van der Waals surface area contributed by atoms with Crippen LogP contribution in [0.25, 0.3) is 0 Å². The predicted molar refractivity (Wildman–Crippen MR) is 85.5 cm³/mol. The number of likely N-dealkylation sites (tertiary alicyclic amines) is 2. The van der Waals surface area contributed by atoms with Crippen LogP contribution in [0.1, 0.15) is 43.5 Å². The molecule has 0 radical (unpaired) electrons. The van der Waals surface area contributed by atoms with E-state index in [0.29, 0.717) is 6.54 Å². The third kappa shape index (κ3) is 2.51. The molecule has 0 aromatic heterocycles. The summed E-state index contributed by atoms with van der Waals surface area (Å²) in [7, 11) is 0. The first kappa shape index (κ1) is 15.1. The normalized spacial score (nSPS) is 24.5. The molecule has 0 aliphatic carbocycles. The quantitative estimate of drug-likeness (QED) is 0.842. The van der Waals surface area contributed by atoms with Gasteiger partial charge in [0.2, 0.25) is 5.91 Å². The standard InChI is InChI=1S/C18H24N2O2/c1-14(2)16(21)20-12-10-18(20)9-6-11-19(13-18)17(22)15-7-4-3-5-8-15/h3-5,7-8,14H,6,9-13H2,1-2H3/t18-/m0/s1. The van der Waals surface area contributed by atoms with Gasteiger partial charge in [-0.1, -0.05) is 32.0 Å². The summed E-state index contributed by atoms with van der Waals surface area (Å²) in [5.74, 6) is 0.334. The zero-order valence-electron chi connectivity index (χ0n) is 13.4. The maximum Gasteiger partial charge on any atom is 0.253 e. The van der Waals surface area contributed by atoms with E-state index in [2.05, 4.69) is 0 Å². The molecule has 3 rings (SSSR count). The van der Waals surface area contributed by atoms with Crippen LogP contribution in [-0.2, 0) is 4.79 Å². The van der Waals surface area contributed by atoms with Crippen LogP contribution in [0.4, 0.5) is 0 Å². The van der Waals surface area contributed by atoms with Gasteiger partial charge in [0.05, 0.1) is 5.54 Å². The second kappa shape index (κ2) is 5.75. The second-order valence-corrected chi connectivity index (χ2v) is 6.82. The molecule has 2 amide bonds. The molecule has 2 aliphatic rings. The molecule has 0 saturated carbocycles. The van der Waals surface area contributed by atoms with Crippen LogP contribution in [-0.4, -0.2) is 46.8 Å². The molecule has 2 saturated heterocycles. The van der Waals surface area contributed by atoms with Gasteiger partial charge in [-0.15, -0.1) is 0 Å². The molecule has 2 heterocycles. The molecule has 1 atom stereocenters. The van der Waals surface area contributed by atoms with Crippen molar-refractivity contribution in [3.05, 3.63) is 35.9 Å². The maximum atomic E-state index is 12.7. The molecule has 1 spiro atoms. The lowest BCUT2D eigenvalue weighted by atomic mass is 9.76. The summed E-state index contributed by atoms with van der Waals surface area (Å²) in [6.07, 6.45) is 3.01. The number of carbonyl (C=O) groups is 2. The first-order chi connectivity index (χ1) is 10.5. The topological polar surface area (TPSA) is 40.6 Å². The van der Waals surface area contributed by atoms with E-state index < -0.39 is 0 Å². The average Bonchev–Trinajstić information content (AvgIpc) is 2.54. The van der Waals surface area contributed by atoms with Crippen molar-refractivity contribution >= 4 is 11.8 Å². The third-order valence-corrected chi connectivity index (χ3v) is 5.00. The average molecular weight is 300 g/mol. The van der Waals surface area contributed by atoms with Gasteiger partial charge in [-0.2, -0.15) is 0 Å². The summed E-state index contributed by atoms with van der Waals surface area (Å²) in [6.45, 7) is 6.21. The van der Waals surface area contributed by atoms with Gasteiger partial charge >= 0.3 is 0 Å². The molecule has 1 aromatic carbocycles. The van der Waals surface area contributed by atoms with Crippen molar-refractivity contribution in [2.24, 2.45) is 5.92 Å². The molecule has 22 heavy (non-hydrogen) atoms. The van der Waals surface area contributed by atoms with Crippen LogP contribution in [0.15, 0.2) is 30.3 Å². The van der Waals surface area contributed by atoms with Crippen LogP contribution in [0.5, 0.6) is 0 Å². The highest BCUT2D eigenvalue weighted by molar-refractivity contribution is 5.94. The Balaban J connectivity index is 1.75. The molecule has 2 aliphatic heterocycles. The largest absolute Gasteiger partial charge is 0.336 e. The molecule has 4 heteroatoms. The monoisotopic (exact) mass is 300 g/mol. The summed E-state index contributed by atoms with van der Waals surface area (Å²) < 4.78 is 0. The van der Waals surface area contributed by atoms with Gasteiger partial charge in [-0.3, -0.25) is 9.59 Å². The van der Waals surface area contributed by atoms with Crippen LogP contribution < -0.4 is 0 Å². The number of nitrogens with zero attached hydrogens (tertiary/aromatic N) is 2. The molecule has 118 valence electrons. The fourth-order valence-corrected chi connectivity index (χ4v) is 3.67. The minimum absolute atomic E-state index is 0.0253. The Labute approximate surface area is 132 Å². The van der Waals surface area contributed by atoms with Crippen molar-refractivity contribution < 1.29 is 9.59 Å². The van der Waals surface area contributed by atoms with Crippen molar-refractivity contribution in [3.8, 4) is 0 Å².